The van der Waals surface area contributed by atoms with Crippen LogP contribution in [0.1, 0.15) is 0 Å². The molecule has 4 heterocycles. The predicted molar refractivity (Wildman–Crippen MR) is 153 cm³/mol. The molecular formula is C33H20N4O2. The molecule has 0 fully saturated rings. The lowest BCUT2D eigenvalue weighted by Crippen LogP contribution is -1.95. The molecule has 0 amide bonds. The average Bonchev–Trinajstić information content (AvgIpc) is 3.75. The lowest BCUT2D eigenvalue weighted by Gasteiger charge is -2.10. The topological polar surface area (TPSA) is 69.9 Å². The summed E-state index contributed by atoms with van der Waals surface area (Å²) in [6, 6.07) is 35.1. The smallest absolute Gasteiger partial charge is 0.227 e. The maximum atomic E-state index is 6.10. The van der Waals surface area contributed by atoms with Gasteiger partial charge in [-0.25, -0.2) is 9.97 Å². The Bertz CT molecular complexity index is 2090. The molecule has 0 saturated carbocycles. The van der Waals surface area contributed by atoms with Crippen LogP contribution in [-0.2, 0) is 0 Å². The van der Waals surface area contributed by atoms with Crippen LogP contribution >= 0.6 is 0 Å². The standard InChI is InChI=1S/C33H20N4O2/c1-3-10-29-25(8-1)26-14-12-22(33-36-28-9-2-4-11-31(28)39-33)19-30(26)37(29)24-7-5-6-21(18-24)27-15-13-23(20-35-27)32-34-16-17-38-32/h1-20H. The molecule has 184 valence electrons. The minimum absolute atomic E-state index is 0.558. The van der Waals surface area contributed by atoms with Gasteiger partial charge < -0.3 is 13.4 Å². The molecule has 0 unspecified atom stereocenters. The second-order valence-electron chi connectivity index (χ2n) is 9.39. The zero-order chi connectivity index (χ0) is 25.8. The van der Waals surface area contributed by atoms with Crippen LogP contribution in [0.5, 0.6) is 0 Å². The van der Waals surface area contributed by atoms with Gasteiger partial charge in [-0.2, -0.15) is 0 Å². The molecule has 0 N–H and O–H groups in total. The minimum atomic E-state index is 0.558. The molecule has 8 rings (SSSR count). The Morgan fingerprint density at radius 3 is 2.36 bits per heavy atom. The van der Waals surface area contributed by atoms with E-state index in [4.69, 9.17) is 18.8 Å². The van der Waals surface area contributed by atoms with Crippen molar-refractivity contribution in [2.45, 2.75) is 0 Å². The van der Waals surface area contributed by atoms with Crippen LogP contribution in [-0.4, -0.2) is 19.5 Å². The predicted octanol–water partition coefficient (Wildman–Crippen LogP) is 8.31. The summed E-state index contributed by atoms with van der Waals surface area (Å²) < 4.78 is 13.8. The van der Waals surface area contributed by atoms with Gasteiger partial charge in [0.25, 0.3) is 0 Å². The molecule has 0 saturated heterocycles. The maximum absolute atomic E-state index is 6.10. The van der Waals surface area contributed by atoms with Crippen LogP contribution in [0, 0.1) is 0 Å². The van der Waals surface area contributed by atoms with Gasteiger partial charge in [0.15, 0.2) is 5.58 Å². The number of hydrogen-bond acceptors (Lipinski definition) is 5. The molecule has 0 aliphatic heterocycles. The van der Waals surface area contributed by atoms with Gasteiger partial charge in [-0.05, 0) is 54.6 Å². The van der Waals surface area contributed by atoms with Crippen LogP contribution < -0.4 is 0 Å². The number of para-hydroxylation sites is 3. The molecule has 0 aliphatic carbocycles. The lowest BCUT2D eigenvalue weighted by molar-refractivity contribution is 0.574. The van der Waals surface area contributed by atoms with Crippen molar-refractivity contribution in [2.24, 2.45) is 0 Å². The Hall–Kier alpha value is -5.49. The maximum Gasteiger partial charge on any atom is 0.227 e. The zero-order valence-electron chi connectivity index (χ0n) is 20.7. The zero-order valence-corrected chi connectivity index (χ0v) is 20.7. The summed E-state index contributed by atoms with van der Waals surface area (Å²) in [6.07, 6.45) is 4.99. The van der Waals surface area contributed by atoms with E-state index in [1.165, 1.54) is 10.8 Å². The fourth-order valence-electron chi connectivity index (χ4n) is 5.24. The number of fused-ring (bicyclic) bond motifs is 4. The van der Waals surface area contributed by atoms with E-state index in [1.807, 2.05) is 36.4 Å². The van der Waals surface area contributed by atoms with Crippen LogP contribution in [0.2, 0.25) is 0 Å². The summed E-state index contributed by atoms with van der Waals surface area (Å²) in [5, 5.41) is 2.36. The highest BCUT2D eigenvalue weighted by atomic mass is 16.3. The fraction of sp³-hybridized carbons (Fsp3) is 0. The number of benzene rings is 4. The highest BCUT2D eigenvalue weighted by Crippen LogP contribution is 2.36. The third-order valence-corrected chi connectivity index (χ3v) is 7.06. The summed E-state index contributed by atoms with van der Waals surface area (Å²) in [4.78, 5) is 13.6. The Kier molecular flexibility index (Phi) is 4.72. The molecule has 6 heteroatoms. The molecular weight excluding hydrogens is 484 g/mol. The Balaban J connectivity index is 1.28. The molecule has 39 heavy (non-hydrogen) atoms. The van der Waals surface area contributed by atoms with Crippen molar-refractivity contribution < 1.29 is 8.83 Å². The second kappa shape index (κ2) is 8.53. The third-order valence-electron chi connectivity index (χ3n) is 7.06. The van der Waals surface area contributed by atoms with E-state index in [1.54, 1.807) is 18.7 Å². The van der Waals surface area contributed by atoms with Gasteiger partial charge >= 0.3 is 0 Å². The van der Waals surface area contributed by atoms with E-state index in [-0.39, 0.29) is 0 Å². The number of nitrogens with zero attached hydrogens (tertiary/aromatic N) is 4. The molecule has 6 nitrogen and oxygen atoms in total. The summed E-state index contributed by atoms with van der Waals surface area (Å²) in [6.45, 7) is 0. The van der Waals surface area contributed by atoms with E-state index >= 15 is 0 Å². The summed E-state index contributed by atoms with van der Waals surface area (Å²) in [5.41, 5.74) is 8.56. The van der Waals surface area contributed by atoms with Crippen molar-refractivity contribution in [3.05, 3.63) is 122 Å². The monoisotopic (exact) mass is 504 g/mol. The molecule has 0 radical (unpaired) electrons. The van der Waals surface area contributed by atoms with Gasteiger partial charge in [-0.3, -0.25) is 4.98 Å². The normalized spacial score (nSPS) is 11.6. The Labute approximate surface area is 222 Å². The first-order valence-electron chi connectivity index (χ1n) is 12.7. The lowest BCUT2D eigenvalue weighted by atomic mass is 10.1. The van der Waals surface area contributed by atoms with Crippen LogP contribution in [0.25, 0.3) is 72.8 Å². The Morgan fingerprint density at radius 2 is 1.49 bits per heavy atom. The van der Waals surface area contributed by atoms with Crippen LogP contribution in [0.15, 0.2) is 131 Å². The first-order valence-corrected chi connectivity index (χ1v) is 12.7. The molecule has 4 aromatic heterocycles. The largest absolute Gasteiger partial charge is 0.444 e. The summed E-state index contributed by atoms with van der Waals surface area (Å²) >= 11 is 0. The van der Waals surface area contributed by atoms with Crippen molar-refractivity contribution >= 4 is 32.9 Å². The van der Waals surface area contributed by atoms with Gasteiger partial charge in [-0.1, -0.05) is 48.5 Å². The summed E-state index contributed by atoms with van der Waals surface area (Å²) in [5.74, 6) is 1.17. The van der Waals surface area contributed by atoms with Gasteiger partial charge in [-0.15, -0.1) is 0 Å². The quantitative estimate of drug-likeness (QED) is 0.241. The van der Waals surface area contributed by atoms with Crippen molar-refractivity contribution in [1.82, 2.24) is 19.5 Å². The fourth-order valence-corrected chi connectivity index (χ4v) is 5.24. The second-order valence-corrected chi connectivity index (χ2v) is 9.39. The van der Waals surface area contributed by atoms with E-state index in [0.717, 1.165) is 50.2 Å². The highest BCUT2D eigenvalue weighted by Gasteiger charge is 2.16. The van der Waals surface area contributed by atoms with Crippen molar-refractivity contribution in [3.8, 4) is 39.9 Å². The first kappa shape index (κ1) is 21.6. The first-order chi connectivity index (χ1) is 19.3. The molecule has 8 aromatic rings. The highest BCUT2D eigenvalue weighted by molar-refractivity contribution is 6.10. The molecule has 0 aliphatic rings. The number of rotatable bonds is 4. The SMILES string of the molecule is c1cc(-c2ccc(-c3ncco3)cn2)cc(-n2c3ccccc3c3ccc(-c4nc5ccccc5o4)cc32)c1. The third kappa shape index (κ3) is 3.54. The van der Waals surface area contributed by atoms with Crippen molar-refractivity contribution in [2.75, 3.05) is 0 Å². The Morgan fingerprint density at radius 1 is 0.615 bits per heavy atom. The van der Waals surface area contributed by atoms with E-state index < -0.39 is 0 Å². The number of pyridine rings is 1. The molecule has 0 atom stereocenters. The van der Waals surface area contributed by atoms with Gasteiger partial charge in [0.1, 0.15) is 11.8 Å². The summed E-state index contributed by atoms with van der Waals surface area (Å²) in [7, 11) is 0. The van der Waals surface area contributed by atoms with Crippen molar-refractivity contribution in [1.29, 1.82) is 0 Å². The molecule has 0 bridgehead atoms. The van der Waals surface area contributed by atoms with Crippen molar-refractivity contribution in [3.63, 3.8) is 0 Å². The van der Waals surface area contributed by atoms with Gasteiger partial charge in [0, 0.05) is 33.8 Å². The van der Waals surface area contributed by atoms with Gasteiger partial charge in [0.05, 0.1) is 28.5 Å². The van der Waals surface area contributed by atoms with E-state index in [9.17, 15) is 0 Å². The number of oxazole rings is 2. The van der Waals surface area contributed by atoms with E-state index in [0.29, 0.717) is 11.8 Å². The average molecular weight is 505 g/mol. The molecule has 0 spiro atoms. The van der Waals surface area contributed by atoms with Crippen LogP contribution in [0.3, 0.4) is 0 Å². The number of aromatic nitrogens is 4. The van der Waals surface area contributed by atoms with Gasteiger partial charge in [0.2, 0.25) is 11.8 Å². The van der Waals surface area contributed by atoms with Crippen LogP contribution in [0.4, 0.5) is 0 Å². The molecule has 4 aromatic carbocycles. The number of hydrogen-bond donors (Lipinski definition) is 0. The van der Waals surface area contributed by atoms with E-state index in [2.05, 4.69) is 76.3 Å². The minimum Gasteiger partial charge on any atom is -0.444 e.